The maximum absolute atomic E-state index is 10.6. The first-order chi connectivity index (χ1) is 13.7. The van der Waals surface area contributed by atoms with E-state index in [1.807, 2.05) is 77.3 Å². The van der Waals surface area contributed by atoms with Crippen molar-refractivity contribution in [2.24, 2.45) is 0 Å². The minimum absolute atomic E-state index is 0.115. The number of imidazole rings is 1. The quantitative estimate of drug-likeness (QED) is 0.491. The second kappa shape index (κ2) is 6.39. The number of rotatable bonds is 3. The number of fused-ring (bicyclic) bond motifs is 3. The fourth-order valence-corrected chi connectivity index (χ4v) is 3.46. The molecule has 5 heteroatoms. The lowest BCUT2D eigenvalue weighted by molar-refractivity contribution is 0.408. The van der Waals surface area contributed by atoms with Crippen molar-refractivity contribution in [3.8, 4) is 33.9 Å². The predicted octanol–water partition coefficient (Wildman–Crippen LogP) is 4.93. The van der Waals surface area contributed by atoms with Gasteiger partial charge in [0.1, 0.15) is 11.5 Å². The molecule has 0 aliphatic heterocycles. The molecule has 28 heavy (non-hydrogen) atoms. The Labute approximate surface area is 161 Å². The summed E-state index contributed by atoms with van der Waals surface area (Å²) in [4.78, 5) is 9.47. The number of ether oxygens (including phenoxy) is 1. The maximum atomic E-state index is 10.6. The molecule has 0 fully saturated rings. The Bertz CT molecular complexity index is 1310. The largest absolute Gasteiger partial charge is 0.507 e. The fraction of sp³-hybridized carbons (Fsp3) is 0.0435. The van der Waals surface area contributed by atoms with Crippen LogP contribution in [0.3, 0.4) is 0 Å². The second-order valence-electron chi connectivity index (χ2n) is 6.52. The van der Waals surface area contributed by atoms with Crippen LogP contribution in [0.4, 0.5) is 0 Å². The summed E-state index contributed by atoms with van der Waals surface area (Å²) >= 11 is 0. The highest BCUT2D eigenvalue weighted by Gasteiger charge is 2.17. The van der Waals surface area contributed by atoms with E-state index >= 15 is 0 Å². The Hall–Kier alpha value is -3.86. The number of hydrogen-bond acceptors (Lipinski definition) is 4. The molecule has 5 rings (SSSR count). The Kier molecular flexibility index (Phi) is 3.72. The van der Waals surface area contributed by atoms with Crippen LogP contribution in [0.25, 0.3) is 39.2 Å². The van der Waals surface area contributed by atoms with Crippen LogP contribution in [-0.4, -0.2) is 26.6 Å². The third kappa shape index (κ3) is 2.56. The van der Waals surface area contributed by atoms with Gasteiger partial charge in [-0.1, -0.05) is 42.5 Å². The minimum atomic E-state index is 0.115. The number of phenolic OH excluding ortho intramolecular Hbond substituents is 1. The number of benzene rings is 3. The highest BCUT2D eigenvalue weighted by molar-refractivity contribution is 5.87. The zero-order chi connectivity index (χ0) is 19.1. The van der Waals surface area contributed by atoms with Crippen molar-refractivity contribution in [3.05, 3.63) is 79.0 Å². The van der Waals surface area contributed by atoms with Gasteiger partial charge >= 0.3 is 0 Å². The molecule has 2 aromatic heterocycles. The smallest absolute Gasteiger partial charge is 0.235 e. The number of nitrogens with zero attached hydrogens (tertiary/aromatic N) is 3. The average Bonchev–Trinajstić information content (AvgIpc) is 3.11. The molecule has 0 aliphatic rings. The van der Waals surface area contributed by atoms with Crippen LogP contribution in [-0.2, 0) is 0 Å². The summed E-state index contributed by atoms with van der Waals surface area (Å²) in [5.41, 5.74) is 5.11. The summed E-state index contributed by atoms with van der Waals surface area (Å²) in [5, 5.41) is 10.6. The van der Waals surface area contributed by atoms with Gasteiger partial charge in [0.15, 0.2) is 0 Å². The Morgan fingerprint density at radius 3 is 2.43 bits per heavy atom. The highest BCUT2D eigenvalue weighted by Crippen LogP contribution is 2.38. The van der Waals surface area contributed by atoms with E-state index in [2.05, 4.69) is 4.98 Å². The maximum Gasteiger partial charge on any atom is 0.235 e. The van der Waals surface area contributed by atoms with Gasteiger partial charge in [-0.3, -0.25) is 4.40 Å². The van der Waals surface area contributed by atoms with Crippen LogP contribution in [0.2, 0.25) is 0 Å². The van der Waals surface area contributed by atoms with Crippen molar-refractivity contribution < 1.29 is 9.84 Å². The lowest BCUT2D eigenvalue weighted by atomic mass is 10.00. The van der Waals surface area contributed by atoms with Crippen molar-refractivity contribution in [2.75, 3.05) is 7.11 Å². The van der Waals surface area contributed by atoms with Gasteiger partial charge in [-0.25, -0.2) is 9.97 Å². The third-order valence-electron chi connectivity index (χ3n) is 4.85. The number of aromatic nitrogens is 3. The number of para-hydroxylation sites is 2. The third-order valence-corrected chi connectivity index (χ3v) is 4.85. The number of aromatic hydroxyl groups is 1. The van der Waals surface area contributed by atoms with Crippen molar-refractivity contribution in [1.82, 2.24) is 14.4 Å². The van der Waals surface area contributed by atoms with E-state index in [0.29, 0.717) is 22.8 Å². The summed E-state index contributed by atoms with van der Waals surface area (Å²) in [7, 11) is 1.57. The zero-order valence-electron chi connectivity index (χ0n) is 15.2. The van der Waals surface area contributed by atoms with Gasteiger partial charge in [-0.05, 0) is 29.8 Å². The first-order valence-electron chi connectivity index (χ1n) is 8.95. The lowest BCUT2D eigenvalue weighted by Gasteiger charge is -2.12. The van der Waals surface area contributed by atoms with E-state index in [1.54, 1.807) is 13.2 Å². The van der Waals surface area contributed by atoms with E-state index in [0.717, 1.165) is 22.2 Å². The monoisotopic (exact) mass is 367 g/mol. The second-order valence-corrected chi connectivity index (χ2v) is 6.52. The van der Waals surface area contributed by atoms with E-state index in [9.17, 15) is 5.11 Å². The molecule has 0 amide bonds. The van der Waals surface area contributed by atoms with Gasteiger partial charge in [-0.2, -0.15) is 0 Å². The molecular formula is C23H17N3O2. The fourth-order valence-electron chi connectivity index (χ4n) is 3.46. The van der Waals surface area contributed by atoms with Crippen molar-refractivity contribution in [2.45, 2.75) is 0 Å². The molecule has 3 aromatic carbocycles. The van der Waals surface area contributed by atoms with Gasteiger partial charge in [-0.15, -0.1) is 0 Å². The molecule has 0 atom stereocenters. The molecule has 2 heterocycles. The lowest BCUT2D eigenvalue weighted by Crippen LogP contribution is -1.97. The van der Waals surface area contributed by atoms with Gasteiger partial charge in [0, 0.05) is 23.4 Å². The molecule has 136 valence electrons. The Balaban J connectivity index is 1.85. The standard InChI is InChI=1S/C23H17N3O2/c1-28-16-11-12-17(21(27)13-16)22-18(15-7-3-2-4-8-15)14-26-20-10-6-5-9-19(20)24-23(26)25-22/h2-14,27H,1H3. The Morgan fingerprint density at radius 2 is 1.64 bits per heavy atom. The summed E-state index contributed by atoms with van der Waals surface area (Å²) in [5.74, 6) is 1.30. The van der Waals surface area contributed by atoms with Crippen LogP contribution in [0.5, 0.6) is 11.5 Å². The van der Waals surface area contributed by atoms with Crippen LogP contribution in [0.15, 0.2) is 79.0 Å². The number of phenols is 1. The van der Waals surface area contributed by atoms with E-state index in [4.69, 9.17) is 9.72 Å². The molecule has 0 radical (unpaired) electrons. The molecule has 1 N–H and O–H groups in total. The Morgan fingerprint density at radius 1 is 0.857 bits per heavy atom. The van der Waals surface area contributed by atoms with E-state index < -0.39 is 0 Å². The zero-order valence-corrected chi connectivity index (χ0v) is 15.2. The molecular weight excluding hydrogens is 350 g/mol. The topological polar surface area (TPSA) is 59.7 Å². The number of hydrogen-bond donors (Lipinski definition) is 1. The van der Waals surface area contributed by atoms with Gasteiger partial charge < -0.3 is 9.84 Å². The normalized spacial score (nSPS) is 11.2. The predicted molar refractivity (Wildman–Crippen MR) is 110 cm³/mol. The molecule has 5 aromatic rings. The first kappa shape index (κ1) is 16.3. The highest BCUT2D eigenvalue weighted by atomic mass is 16.5. The first-order valence-corrected chi connectivity index (χ1v) is 8.95. The summed E-state index contributed by atoms with van der Waals surface area (Å²) < 4.78 is 7.20. The van der Waals surface area contributed by atoms with Crippen molar-refractivity contribution in [3.63, 3.8) is 0 Å². The van der Waals surface area contributed by atoms with Crippen molar-refractivity contribution in [1.29, 1.82) is 0 Å². The summed E-state index contributed by atoms with van der Waals surface area (Å²) in [6.07, 6.45) is 2.03. The molecule has 0 saturated heterocycles. The molecule has 0 spiro atoms. The molecule has 0 unspecified atom stereocenters. The molecule has 0 bridgehead atoms. The molecule has 0 saturated carbocycles. The number of methoxy groups -OCH3 is 1. The van der Waals surface area contributed by atoms with Gasteiger partial charge in [0.25, 0.3) is 0 Å². The minimum Gasteiger partial charge on any atom is -0.507 e. The summed E-state index contributed by atoms with van der Waals surface area (Å²) in [6, 6.07) is 23.2. The van der Waals surface area contributed by atoms with Crippen LogP contribution >= 0.6 is 0 Å². The van der Waals surface area contributed by atoms with Crippen LogP contribution in [0, 0.1) is 0 Å². The van der Waals surface area contributed by atoms with Gasteiger partial charge in [0.05, 0.1) is 23.8 Å². The average molecular weight is 367 g/mol. The van der Waals surface area contributed by atoms with Crippen molar-refractivity contribution >= 4 is 16.8 Å². The van der Waals surface area contributed by atoms with Crippen LogP contribution < -0.4 is 4.74 Å². The molecule has 0 aliphatic carbocycles. The molecule has 5 nitrogen and oxygen atoms in total. The van der Waals surface area contributed by atoms with Crippen LogP contribution in [0.1, 0.15) is 0 Å². The van der Waals surface area contributed by atoms with E-state index in [-0.39, 0.29) is 5.75 Å². The van der Waals surface area contributed by atoms with Gasteiger partial charge in [0.2, 0.25) is 5.78 Å². The van der Waals surface area contributed by atoms with E-state index in [1.165, 1.54) is 0 Å². The SMILES string of the molecule is COc1ccc(-c2nc3nc4ccccc4n3cc2-c2ccccc2)c(O)c1. The summed E-state index contributed by atoms with van der Waals surface area (Å²) in [6.45, 7) is 0.